The number of thioether (sulfide) groups is 1. The molecule has 2 unspecified atom stereocenters. The number of carbonyl (C=O) groups is 1. The summed E-state index contributed by atoms with van der Waals surface area (Å²) in [6.45, 7) is 8.81. The molecule has 1 aromatic heterocycles. The van der Waals surface area contributed by atoms with Gasteiger partial charge in [0.25, 0.3) is 11.1 Å². The number of benzene rings is 2. The molecule has 7 nitrogen and oxygen atoms in total. The van der Waals surface area contributed by atoms with Gasteiger partial charge in [-0.2, -0.15) is 0 Å². The molecule has 1 N–H and O–H groups in total. The third-order valence-corrected chi connectivity index (χ3v) is 6.59. The largest absolute Gasteiger partial charge is 0.484 e. The first-order valence-electron chi connectivity index (χ1n) is 11.2. The predicted octanol–water partition coefficient (Wildman–Crippen LogP) is 4.14. The fourth-order valence-corrected chi connectivity index (χ4v) is 4.52. The second kappa shape index (κ2) is 10.9. The second-order valence-electron chi connectivity index (χ2n) is 8.49. The van der Waals surface area contributed by atoms with Crippen molar-refractivity contribution < 1.29 is 13.9 Å². The van der Waals surface area contributed by atoms with Crippen LogP contribution in [0.2, 0.25) is 0 Å². The van der Waals surface area contributed by atoms with Crippen molar-refractivity contribution in [1.29, 1.82) is 0 Å². The van der Waals surface area contributed by atoms with Crippen molar-refractivity contribution in [1.82, 2.24) is 20.4 Å². The molecule has 3 aromatic rings. The molecule has 0 radical (unpaired) electrons. The Morgan fingerprint density at radius 2 is 2.06 bits per heavy atom. The van der Waals surface area contributed by atoms with Crippen molar-refractivity contribution in [2.45, 2.75) is 56.9 Å². The number of likely N-dealkylation sites (tertiary alicyclic amines) is 1. The fourth-order valence-electron chi connectivity index (χ4n) is 3.81. The summed E-state index contributed by atoms with van der Waals surface area (Å²) in [5, 5.41) is 11.3. The molecule has 2 heterocycles. The molecule has 0 saturated carbocycles. The molecule has 2 atom stereocenters. The van der Waals surface area contributed by atoms with Gasteiger partial charge in [0.05, 0.1) is 5.25 Å². The lowest BCUT2D eigenvalue weighted by atomic mass is 10.1. The molecule has 0 bridgehead atoms. The highest BCUT2D eigenvalue weighted by Gasteiger charge is 2.26. The van der Waals surface area contributed by atoms with Crippen LogP contribution in [0.1, 0.15) is 35.9 Å². The number of rotatable bonds is 9. The normalized spacial score (nSPS) is 17.1. The molecule has 1 aliphatic heterocycles. The summed E-state index contributed by atoms with van der Waals surface area (Å²) >= 11 is 1.27. The Morgan fingerprint density at radius 3 is 2.88 bits per heavy atom. The Balaban J connectivity index is 1.22. The minimum atomic E-state index is -0.332. The van der Waals surface area contributed by atoms with Crippen LogP contribution in [-0.4, -0.2) is 45.4 Å². The van der Waals surface area contributed by atoms with E-state index in [1.807, 2.05) is 45.0 Å². The van der Waals surface area contributed by atoms with Gasteiger partial charge in [-0.15, -0.1) is 10.2 Å². The predicted molar refractivity (Wildman–Crippen MR) is 128 cm³/mol. The first kappa shape index (κ1) is 23.3. The highest BCUT2D eigenvalue weighted by molar-refractivity contribution is 8.00. The summed E-state index contributed by atoms with van der Waals surface area (Å²) in [5.74, 6) is 1.17. The van der Waals surface area contributed by atoms with Gasteiger partial charge in [0.2, 0.25) is 5.91 Å². The Morgan fingerprint density at radius 1 is 1.24 bits per heavy atom. The van der Waals surface area contributed by atoms with Crippen LogP contribution >= 0.6 is 11.8 Å². The fraction of sp³-hybridized carbons (Fsp3) is 0.400. The molecule has 174 valence electrons. The molecule has 4 rings (SSSR count). The zero-order chi connectivity index (χ0) is 23.2. The van der Waals surface area contributed by atoms with Crippen molar-refractivity contribution in [2.75, 3.05) is 13.1 Å². The van der Waals surface area contributed by atoms with Crippen LogP contribution in [0, 0.1) is 13.8 Å². The maximum atomic E-state index is 12.7. The van der Waals surface area contributed by atoms with Crippen molar-refractivity contribution in [3.8, 4) is 5.75 Å². The molecule has 0 aliphatic carbocycles. The van der Waals surface area contributed by atoms with E-state index in [0.29, 0.717) is 11.1 Å². The lowest BCUT2D eigenvalue weighted by molar-refractivity contribution is -0.120. The summed E-state index contributed by atoms with van der Waals surface area (Å²) in [6, 6.07) is 16.6. The first-order valence-corrected chi connectivity index (χ1v) is 12.1. The average Bonchev–Trinajstić information content (AvgIpc) is 3.44. The van der Waals surface area contributed by atoms with Gasteiger partial charge in [0.15, 0.2) is 6.61 Å². The standard InChI is InChI=1S/C25H30N4O3S/c1-17-9-10-18(2)22(13-17)31-16-23-27-28-25(32-23)33-19(3)24(30)26-21-11-12-29(15-21)14-20-7-5-4-6-8-20/h4-10,13,19,21H,11-12,14-16H2,1-3H3,(H,26,30). The van der Waals surface area contributed by atoms with Gasteiger partial charge in [-0.25, -0.2) is 0 Å². The Labute approximate surface area is 198 Å². The van der Waals surface area contributed by atoms with E-state index in [9.17, 15) is 4.79 Å². The number of hydrogen-bond donors (Lipinski definition) is 1. The number of hydrogen-bond acceptors (Lipinski definition) is 7. The smallest absolute Gasteiger partial charge is 0.277 e. The molecule has 1 saturated heterocycles. The average molecular weight is 467 g/mol. The number of nitrogens with one attached hydrogen (secondary N) is 1. The van der Waals surface area contributed by atoms with E-state index in [-0.39, 0.29) is 23.8 Å². The number of amides is 1. The summed E-state index contributed by atoms with van der Waals surface area (Å²) in [4.78, 5) is 15.1. The van der Waals surface area contributed by atoms with E-state index in [1.165, 1.54) is 17.3 Å². The monoisotopic (exact) mass is 466 g/mol. The molecular formula is C25H30N4O3S. The first-order chi connectivity index (χ1) is 16.0. The van der Waals surface area contributed by atoms with Gasteiger partial charge >= 0.3 is 0 Å². The summed E-state index contributed by atoms with van der Waals surface area (Å²) < 4.78 is 11.5. The number of ether oxygens (including phenoxy) is 1. The number of aromatic nitrogens is 2. The van der Waals surface area contributed by atoms with Gasteiger partial charge in [-0.3, -0.25) is 9.69 Å². The molecule has 1 fully saturated rings. The number of aryl methyl sites for hydroxylation is 2. The van der Waals surface area contributed by atoms with Crippen LogP contribution < -0.4 is 10.1 Å². The molecule has 1 aliphatic rings. The molecule has 8 heteroatoms. The van der Waals surface area contributed by atoms with Crippen molar-refractivity contribution >= 4 is 17.7 Å². The zero-order valence-corrected chi connectivity index (χ0v) is 20.1. The molecule has 33 heavy (non-hydrogen) atoms. The third-order valence-electron chi connectivity index (χ3n) is 5.66. The van der Waals surface area contributed by atoms with E-state index in [2.05, 4.69) is 44.7 Å². The van der Waals surface area contributed by atoms with Crippen molar-refractivity contribution in [3.63, 3.8) is 0 Å². The molecule has 0 spiro atoms. The molecule has 1 amide bonds. The van der Waals surface area contributed by atoms with Crippen LogP contribution in [-0.2, 0) is 17.9 Å². The molecular weight excluding hydrogens is 436 g/mol. The van der Waals surface area contributed by atoms with Gasteiger partial charge in [0.1, 0.15) is 5.75 Å². The summed E-state index contributed by atoms with van der Waals surface area (Å²) in [7, 11) is 0. The van der Waals surface area contributed by atoms with Crippen LogP contribution in [0.25, 0.3) is 0 Å². The minimum absolute atomic E-state index is 0.0158. The van der Waals surface area contributed by atoms with Crippen molar-refractivity contribution in [2.24, 2.45) is 0 Å². The van der Waals surface area contributed by atoms with E-state index in [1.54, 1.807) is 0 Å². The lowest BCUT2D eigenvalue weighted by Crippen LogP contribution is -2.40. The highest BCUT2D eigenvalue weighted by atomic mass is 32.2. The van der Waals surface area contributed by atoms with Gasteiger partial charge in [-0.05, 0) is 49.9 Å². The van der Waals surface area contributed by atoms with Crippen molar-refractivity contribution in [3.05, 3.63) is 71.1 Å². The maximum Gasteiger partial charge on any atom is 0.277 e. The summed E-state index contributed by atoms with van der Waals surface area (Å²) in [6.07, 6.45) is 0.955. The maximum absolute atomic E-state index is 12.7. The Bertz CT molecular complexity index is 1070. The van der Waals surface area contributed by atoms with E-state index in [4.69, 9.17) is 9.15 Å². The topological polar surface area (TPSA) is 80.5 Å². The Kier molecular flexibility index (Phi) is 7.67. The third kappa shape index (κ3) is 6.58. The van der Waals surface area contributed by atoms with Gasteiger partial charge < -0.3 is 14.5 Å². The SMILES string of the molecule is Cc1ccc(C)c(OCc2nnc(SC(C)C(=O)NC3CCN(Cc4ccccc4)C3)o2)c1. The zero-order valence-electron chi connectivity index (χ0n) is 19.3. The number of carbonyl (C=O) groups excluding carboxylic acids is 1. The van der Waals surface area contributed by atoms with Crippen LogP contribution in [0.5, 0.6) is 5.75 Å². The quantitative estimate of drug-likeness (QED) is 0.475. The van der Waals surface area contributed by atoms with E-state index in [0.717, 1.165) is 42.9 Å². The van der Waals surface area contributed by atoms with Gasteiger partial charge in [0, 0.05) is 25.7 Å². The number of nitrogens with zero attached hydrogens (tertiary/aromatic N) is 3. The van der Waals surface area contributed by atoms with Crippen LogP contribution in [0.4, 0.5) is 0 Å². The Hall–Kier alpha value is -2.84. The van der Waals surface area contributed by atoms with Gasteiger partial charge in [-0.1, -0.05) is 54.2 Å². The second-order valence-corrected chi connectivity index (χ2v) is 9.79. The molecule has 2 aromatic carbocycles. The van der Waals surface area contributed by atoms with E-state index >= 15 is 0 Å². The highest BCUT2D eigenvalue weighted by Crippen LogP contribution is 2.24. The lowest BCUT2D eigenvalue weighted by Gasteiger charge is -2.18. The van der Waals surface area contributed by atoms with E-state index < -0.39 is 0 Å². The van der Waals surface area contributed by atoms with Crippen LogP contribution in [0.15, 0.2) is 58.2 Å². The van der Waals surface area contributed by atoms with Crippen LogP contribution in [0.3, 0.4) is 0 Å². The minimum Gasteiger partial charge on any atom is -0.484 e. The summed E-state index contributed by atoms with van der Waals surface area (Å²) in [5.41, 5.74) is 3.47.